The molecule has 0 heterocycles. The molecule has 0 spiro atoms. The zero-order valence-electron chi connectivity index (χ0n) is 9.41. The lowest BCUT2D eigenvalue weighted by molar-refractivity contribution is -0.134. The predicted molar refractivity (Wildman–Crippen MR) is 69.8 cm³/mol. The van der Waals surface area contributed by atoms with E-state index in [9.17, 15) is 4.79 Å². The van der Waals surface area contributed by atoms with E-state index < -0.39 is 11.7 Å². The largest absolute Gasteiger partial charge is 0.461 e. The van der Waals surface area contributed by atoms with Gasteiger partial charge in [0.05, 0.1) is 22.3 Å². The first-order chi connectivity index (χ1) is 8.60. The number of ether oxygens (including phenoxy) is 1. The fourth-order valence-electron chi connectivity index (χ4n) is 1.03. The lowest BCUT2D eigenvalue weighted by Gasteiger charge is -2.05. The third kappa shape index (κ3) is 3.62. The monoisotopic (exact) mass is 285 g/mol. The van der Waals surface area contributed by atoms with Crippen LogP contribution in [0.25, 0.3) is 0 Å². The Morgan fingerprint density at radius 3 is 2.61 bits per heavy atom. The van der Waals surface area contributed by atoms with E-state index in [1.165, 1.54) is 0 Å². The average Bonchev–Trinajstić information content (AvgIpc) is 2.33. The van der Waals surface area contributed by atoms with Crippen molar-refractivity contribution in [3.05, 3.63) is 28.2 Å². The van der Waals surface area contributed by atoms with Crippen LogP contribution in [0.4, 0.5) is 5.69 Å². The zero-order valence-corrected chi connectivity index (χ0v) is 10.9. The van der Waals surface area contributed by atoms with Crippen molar-refractivity contribution in [2.75, 3.05) is 12.0 Å². The van der Waals surface area contributed by atoms with Crippen molar-refractivity contribution in [3.63, 3.8) is 0 Å². The Balaban J connectivity index is 2.91. The second-order valence-corrected chi connectivity index (χ2v) is 3.82. The Kier molecular flexibility index (Phi) is 5.43. The van der Waals surface area contributed by atoms with Gasteiger partial charge in [0.1, 0.15) is 6.07 Å². The standard InChI is InChI=1S/C11H9Cl2N3O2/c1-2-18-11(17)9(6-14)15-16-10-7(12)4-3-5-8(10)13/h3-5,16H,2H2,1H3/b15-9+. The molecule has 5 nitrogen and oxygen atoms in total. The molecular formula is C11H9Cl2N3O2. The van der Waals surface area contributed by atoms with Gasteiger partial charge in [0.2, 0.25) is 5.71 Å². The minimum atomic E-state index is -0.810. The number of benzene rings is 1. The summed E-state index contributed by atoms with van der Waals surface area (Å²) in [6, 6.07) is 6.48. The van der Waals surface area contributed by atoms with E-state index in [0.717, 1.165) is 0 Å². The van der Waals surface area contributed by atoms with E-state index in [4.69, 9.17) is 28.5 Å². The van der Waals surface area contributed by atoms with Crippen molar-refractivity contribution in [2.24, 2.45) is 5.10 Å². The number of para-hydroxylation sites is 1. The summed E-state index contributed by atoms with van der Waals surface area (Å²) in [5.41, 5.74) is 2.38. The first-order valence-electron chi connectivity index (χ1n) is 4.95. The van der Waals surface area contributed by atoms with Crippen LogP contribution in [0.1, 0.15) is 6.92 Å². The number of hydrogen-bond donors (Lipinski definition) is 1. The Morgan fingerprint density at radius 1 is 1.50 bits per heavy atom. The van der Waals surface area contributed by atoms with Crippen LogP contribution in [0.5, 0.6) is 0 Å². The summed E-state index contributed by atoms with van der Waals surface area (Å²) in [7, 11) is 0. The van der Waals surface area contributed by atoms with Gasteiger partial charge in [-0.2, -0.15) is 10.4 Å². The van der Waals surface area contributed by atoms with Gasteiger partial charge >= 0.3 is 5.97 Å². The molecule has 0 radical (unpaired) electrons. The second-order valence-electron chi connectivity index (χ2n) is 3.00. The molecule has 94 valence electrons. The second kappa shape index (κ2) is 6.84. The molecule has 0 unspecified atom stereocenters. The summed E-state index contributed by atoms with van der Waals surface area (Å²) in [5.74, 6) is -0.810. The van der Waals surface area contributed by atoms with Crippen molar-refractivity contribution < 1.29 is 9.53 Å². The highest BCUT2D eigenvalue weighted by Crippen LogP contribution is 2.29. The van der Waals surface area contributed by atoms with Crippen molar-refractivity contribution in [1.82, 2.24) is 0 Å². The van der Waals surface area contributed by atoms with Gasteiger partial charge in [0.25, 0.3) is 0 Å². The van der Waals surface area contributed by atoms with Crippen LogP contribution in [0.2, 0.25) is 10.0 Å². The number of rotatable bonds is 4. The van der Waals surface area contributed by atoms with Gasteiger partial charge < -0.3 is 4.74 Å². The number of hydrogen-bond acceptors (Lipinski definition) is 5. The molecular weight excluding hydrogens is 277 g/mol. The summed E-state index contributed by atoms with van der Waals surface area (Å²) in [4.78, 5) is 11.3. The summed E-state index contributed by atoms with van der Waals surface area (Å²) in [6.45, 7) is 1.79. The van der Waals surface area contributed by atoms with E-state index in [0.29, 0.717) is 15.7 Å². The van der Waals surface area contributed by atoms with Gasteiger partial charge in [-0.1, -0.05) is 29.3 Å². The SMILES string of the molecule is CCOC(=O)/C(C#N)=N/Nc1c(Cl)cccc1Cl. The third-order valence-corrected chi connectivity index (χ3v) is 2.45. The Hall–Kier alpha value is -1.77. The molecule has 0 saturated carbocycles. The predicted octanol–water partition coefficient (Wildman–Crippen LogP) is 2.85. The molecule has 1 aromatic carbocycles. The van der Waals surface area contributed by atoms with E-state index in [1.807, 2.05) is 0 Å². The molecule has 1 aromatic rings. The fourth-order valence-corrected chi connectivity index (χ4v) is 1.51. The third-order valence-electron chi connectivity index (χ3n) is 1.82. The van der Waals surface area contributed by atoms with Gasteiger partial charge in [0.15, 0.2) is 0 Å². The number of carbonyl (C=O) groups excluding carboxylic acids is 1. The zero-order chi connectivity index (χ0) is 13.5. The minimum absolute atomic E-state index is 0.159. The number of hydrazone groups is 1. The highest BCUT2D eigenvalue weighted by Gasteiger charge is 2.12. The summed E-state index contributed by atoms with van der Waals surface area (Å²) in [5, 5.41) is 13.0. The van der Waals surface area contributed by atoms with Gasteiger partial charge in [-0.25, -0.2) is 4.79 Å². The summed E-state index contributed by atoms with van der Waals surface area (Å²) < 4.78 is 4.65. The summed E-state index contributed by atoms with van der Waals surface area (Å²) >= 11 is 11.8. The molecule has 1 N–H and O–H groups in total. The molecule has 7 heteroatoms. The van der Waals surface area contributed by atoms with E-state index in [-0.39, 0.29) is 6.61 Å². The maximum atomic E-state index is 11.3. The van der Waals surface area contributed by atoms with Crippen LogP contribution >= 0.6 is 23.2 Å². The lowest BCUT2D eigenvalue weighted by atomic mass is 10.3. The number of nitriles is 1. The molecule has 0 aliphatic carbocycles. The fraction of sp³-hybridized carbons (Fsp3) is 0.182. The van der Waals surface area contributed by atoms with Crippen LogP contribution in [-0.2, 0) is 9.53 Å². The highest BCUT2D eigenvalue weighted by molar-refractivity contribution is 6.43. The Morgan fingerprint density at radius 2 is 2.11 bits per heavy atom. The molecule has 0 bridgehead atoms. The molecule has 0 amide bonds. The van der Waals surface area contributed by atoms with Crippen molar-refractivity contribution in [2.45, 2.75) is 6.92 Å². The molecule has 1 rings (SSSR count). The van der Waals surface area contributed by atoms with E-state index in [2.05, 4.69) is 15.3 Å². The maximum absolute atomic E-state index is 11.3. The highest BCUT2D eigenvalue weighted by atomic mass is 35.5. The van der Waals surface area contributed by atoms with Crippen LogP contribution in [0, 0.1) is 11.3 Å². The number of esters is 1. The quantitative estimate of drug-likeness (QED) is 0.524. The van der Waals surface area contributed by atoms with Crippen LogP contribution in [-0.4, -0.2) is 18.3 Å². The van der Waals surface area contributed by atoms with E-state index in [1.54, 1.807) is 31.2 Å². The van der Waals surface area contributed by atoms with Crippen LogP contribution in [0.3, 0.4) is 0 Å². The van der Waals surface area contributed by atoms with Crippen LogP contribution < -0.4 is 5.43 Å². The molecule has 0 saturated heterocycles. The number of nitrogens with one attached hydrogen (secondary N) is 1. The average molecular weight is 286 g/mol. The molecule has 0 aliphatic heterocycles. The summed E-state index contributed by atoms with van der Waals surface area (Å²) in [6.07, 6.45) is 0. The van der Waals surface area contributed by atoms with E-state index >= 15 is 0 Å². The molecule has 0 aromatic heterocycles. The number of anilines is 1. The smallest absolute Gasteiger partial charge is 0.369 e. The molecule has 0 fully saturated rings. The molecule has 18 heavy (non-hydrogen) atoms. The number of halogens is 2. The van der Waals surface area contributed by atoms with Crippen LogP contribution in [0.15, 0.2) is 23.3 Å². The Labute approximate surface area is 114 Å². The van der Waals surface area contributed by atoms with Crippen molar-refractivity contribution in [3.8, 4) is 6.07 Å². The first kappa shape index (κ1) is 14.3. The topological polar surface area (TPSA) is 74.5 Å². The Bertz CT molecular complexity index is 503. The normalized spacial score (nSPS) is 10.7. The first-order valence-corrected chi connectivity index (χ1v) is 5.70. The lowest BCUT2D eigenvalue weighted by Crippen LogP contribution is -2.17. The minimum Gasteiger partial charge on any atom is -0.461 e. The van der Waals surface area contributed by atoms with Gasteiger partial charge in [-0.05, 0) is 19.1 Å². The molecule has 0 aliphatic rings. The van der Waals surface area contributed by atoms with Gasteiger partial charge in [-0.3, -0.25) is 5.43 Å². The van der Waals surface area contributed by atoms with Crippen molar-refractivity contribution >= 4 is 40.6 Å². The number of nitrogens with zero attached hydrogens (tertiary/aromatic N) is 2. The number of carbonyl (C=O) groups is 1. The molecule has 0 atom stereocenters. The van der Waals surface area contributed by atoms with Gasteiger partial charge in [-0.15, -0.1) is 0 Å². The van der Waals surface area contributed by atoms with Crippen molar-refractivity contribution in [1.29, 1.82) is 5.26 Å². The van der Waals surface area contributed by atoms with Gasteiger partial charge in [0, 0.05) is 0 Å². The maximum Gasteiger partial charge on any atom is 0.369 e.